The quantitative estimate of drug-likeness (QED) is 0.695. The molecule has 5 heteroatoms. The third kappa shape index (κ3) is 4.87. The number of hydrogen-bond donors (Lipinski definition) is 0. The van der Waals surface area contributed by atoms with Crippen molar-refractivity contribution in [3.8, 4) is 17.6 Å². The lowest BCUT2D eigenvalue weighted by Gasteiger charge is -2.17. The van der Waals surface area contributed by atoms with Gasteiger partial charge in [-0.25, -0.2) is 8.42 Å². The van der Waals surface area contributed by atoms with Crippen LogP contribution in [0.4, 0.5) is 0 Å². The van der Waals surface area contributed by atoms with Gasteiger partial charge >= 0.3 is 0 Å². The summed E-state index contributed by atoms with van der Waals surface area (Å²) in [6.45, 7) is 0.479. The Hall–Kier alpha value is -1.77. The molecule has 0 saturated carbocycles. The van der Waals surface area contributed by atoms with Crippen molar-refractivity contribution in [3.63, 3.8) is 0 Å². The molecule has 0 bridgehead atoms. The summed E-state index contributed by atoms with van der Waals surface area (Å²) in [6.07, 6.45) is 2.28. The van der Waals surface area contributed by atoms with Crippen molar-refractivity contribution in [1.82, 2.24) is 0 Å². The van der Waals surface area contributed by atoms with E-state index < -0.39 is 15.1 Å². The third-order valence-corrected chi connectivity index (χ3v) is 6.90. The Morgan fingerprint density at radius 3 is 2.68 bits per heavy atom. The molecule has 130 valence electrons. The number of rotatable bonds is 3. The second-order valence-corrected chi connectivity index (χ2v) is 9.19. The molecule has 1 fully saturated rings. The first kappa shape index (κ1) is 18.0. The normalized spacial score (nSPS) is 18.8. The van der Waals surface area contributed by atoms with E-state index in [1.807, 2.05) is 48.5 Å². The first-order chi connectivity index (χ1) is 12.0. The molecule has 1 aliphatic rings. The molecule has 1 saturated heterocycles. The van der Waals surface area contributed by atoms with Crippen LogP contribution in [-0.2, 0) is 16.4 Å². The van der Waals surface area contributed by atoms with Crippen LogP contribution in [0, 0.1) is 11.8 Å². The average Bonchev–Trinajstić information content (AvgIpc) is 2.61. The summed E-state index contributed by atoms with van der Waals surface area (Å²) < 4.78 is 30.8. The first-order valence-electron chi connectivity index (χ1n) is 8.24. The van der Waals surface area contributed by atoms with E-state index in [0.29, 0.717) is 18.8 Å². The Morgan fingerprint density at radius 2 is 1.92 bits per heavy atom. The fourth-order valence-electron chi connectivity index (χ4n) is 2.71. The molecule has 0 aromatic heterocycles. The highest BCUT2D eigenvalue weighted by molar-refractivity contribution is 9.10. The van der Waals surface area contributed by atoms with E-state index in [0.717, 1.165) is 28.4 Å². The van der Waals surface area contributed by atoms with E-state index in [1.165, 1.54) is 0 Å². The summed E-state index contributed by atoms with van der Waals surface area (Å²) in [5.41, 5.74) is 1.83. The van der Waals surface area contributed by atoms with Crippen LogP contribution in [0.1, 0.15) is 30.4 Å². The van der Waals surface area contributed by atoms with Gasteiger partial charge in [-0.3, -0.25) is 0 Å². The number of benzene rings is 2. The highest BCUT2D eigenvalue weighted by Crippen LogP contribution is 2.24. The number of ether oxygens (including phenoxy) is 1. The Balaban J connectivity index is 1.75. The average molecular weight is 419 g/mol. The van der Waals surface area contributed by atoms with E-state index in [-0.39, 0.29) is 5.75 Å². The van der Waals surface area contributed by atoms with Crippen LogP contribution in [0.5, 0.6) is 5.75 Å². The zero-order valence-electron chi connectivity index (χ0n) is 13.7. The van der Waals surface area contributed by atoms with Crippen molar-refractivity contribution in [1.29, 1.82) is 0 Å². The summed E-state index contributed by atoms with van der Waals surface area (Å²) in [7, 11) is -3.08. The lowest BCUT2D eigenvalue weighted by molar-refractivity contribution is 0.306. The van der Waals surface area contributed by atoms with E-state index in [4.69, 9.17) is 4.74 Å². The van der Waals surface area contributed by atoms with Crippen molar-refractivity contribution >= 4 is 25.8 Å². The first-order valence-corrected chi connectivity index (χ1v) is 10.7. The number of hydrogen-bond acceptors (Lipinski definition) is 3. The number of halogens is 1. The van der Waals surface area contributed by atoms with Gasteiger partial charge in [0.1, 0.15) is 17.6 Å². The van der Waals surface area contributed by atoms with Crippen molar-refractivity contribution in [2.75, 3.05) is 5.75 Å². The van der Waals surface area contributed by atoms with Gasteiger partial charge in [-0.15, -0.1) is 0 Å². The van der Waals surface area contributed by atoms with Crippen molar-refractivity contribution in [2.45, 2.75) is 31.1 Å². The fraction of sp³-hybridized carbons (Fsp3) is 0.300. The van der Waals surface area contributed by atoms with Crippen molar-refractivity contribution < 1.29 is 13.2 Å². The third-order valence-electron chi connectivity index (χ3n) is 4.13. The SMILES string of the molecule is O=S1(=O)CCCCC1C#Cc1cc(OCc2ccccc2)ccc1Br. The maximum absolute atomic E-state index is 12.1. The molecule has 25 heavy (non-hydrogen) atoms. The summed E-state index contributed by atoms with van der Waals surface area (Å²) in [5.74, 6) is 6.92. The van der Waals surface area contributed by atoms with E-state index in [2.05, 4.69) is 27.8 Å². The monoisotopic (exact) mass is 418 g/mol. The largest absolute Gasteiger partial charge is 0.489 e. The predicted molar refractivity (Wildman–Crippen MR) is 103 cm³/mol. The molecular weight excluding hydrogens is 400 g/mol. The summed E-state index contributed by atoms with van der Waals surface area (Å²) >= 11 is 3.47. The van der Waals surface area contributed by atoms with Crippen LogP contribution in [0.25, 0.3) is 0 Å². The predicted octanol–water partition coefficient (Wildman–Crippen LogP) is 4.35. The van der Waals surface area contributed by atoms with Gasteiger partial charge in [0.25, 0.3) is 0 Å². The highest BCUT2D eigenvalue weighted by atomic mass is 79.9. The van der Waals surface area contributed by atoms with Gasteiger partial charge in [-0.2, -0.15) is 0 Å². The number of sulfone groups is 1. The standard InChI is InChI=1S/C20H19BrO3S/c21-20-12-10-18(24-15-16-6-2-1-3-7-16)14-17(20)9-11-19-8-4-5-13-25(19,22)23/h1-3,6-7,10,12,14,19H,4-5,8,13,15H2. The zero-order chi connectivity index (χ0) is 17.7. The molecule has 1 aliphatic heterocycles. The smallest absolute Gasteiger partial charge is 0.164 e. The van der Waals surface area contributed by atoms with Crippen LogP contribution in [0.3, 0.4) is 0 Å². The van der Waals surface area contributed by atoms with Gasteiger partial charge in [0.2, 0.25) is 0 Å². The van der Waals surface area contributed by atoms with Crippen LogP contribution in [-0.4, -0.2) is 19.4 Å². The second-order valence-electron chi connectivity index (χ2n) is 6.04. The van der Waals surface area contributed by atoms with Gasteiger partial charge < -0.3 is 4.74 Å². The Labute approximate surface area is 157 Å². The summed E-state index contributed by atoms with van der Waals surface area (Å²) in [4.78, 5) is 0. The molecule has 1 heterocycles. The van der Waals surface area contributed by atoms with Gasteiger partial charge in [0, 0.05) is 10.0 Å². The molecule has 0 radical (unpaired) electrons. The molecule has 0 spiro atoms. The minimum atomic E-state index is -3.08. The maximum Gasteiger partial charge on any atom is 0.164 e. The Kier molecular flexibility index (Phi) is 5.82. The lowest BCUT2D eigenvalue weighted by Crippen LogP contribution is -2.26. The Bertz CT molecular complexity index is 896. The molecule has 0 amide bonds. The van der Waals surface area contributed by atoms with Gasteiger partial charge in [-0.05, 0) is 52.5 Å². The highest BCUT2D eigenvalue weighted by Gasteiger charge is 2.26. The lowest BCUT2D eigenvalue weighted by atomic mass is 10.1. The van der Waals surface area contributed by atoms with E-state index in [9.17, 15) is 8.42 Å². The Morgan fingerprint density at radius 1 is 1.12 bits per heavy atom. The molecule has 3 rings (SSSR count). The maximum atomic E-state index is 12.1. The fourth-order valence-corrected chi connectivity index (χ4v) is 4.71. The van der Waals surface area contributed by atoms with Crippen molar-refractivity contribution in [3.05, 3.63) is 64.1 Å². The summed E-state index contributed by atoms with van der Waals surface area (Å²) in [5, 5.41) is -0.554. The molecule has 3 nitrogen and oxygen atoms in total. The topological polar surface area (TPSA) is 43.4 Å². The van der Waals surface area contributed by atoms with Crippen LogP contribution >= 0.6 is 15.9 Å². The minimum absolute atomic E-state index is 0.244. The van der Waals surface area contributed by atoms with Gasteiger partial charge in [0.05, 0.1) is 5.75 Å². The minimum Gasteiger partial charge on any atom is -0.489 e. The molecule has 1 atom stereocenters. The molecular formula is C20H19BrO3S. The van der Waals surface area contributed by atoms with Crippen LogP contribution < -0.4 is 4.74 Å². The second kappa shape index (κ2) is 8.07. The molecule has 0 aliphatic carbocycles. The van der Waals surface area contributed by atoms with E-state index in [1.54, 1.807) is 0 Å². The molecule has 0 N–H and O–H groups in total. The zero-order valence-corrected chi connectivity index (χ0v) is 16.1. The molecule has 2 aromatic rings. The van der Waals surface area contributed by atoms with Gasteiger partial charge in [0.15, 0.2) is 9.84 Å². The van der Waals surface area contributed by atoms with Crippen molar-refractivity contribution in [2.24, 2.45) is 0 Å². The molecule has 2 aromatic carbocycles. The molecule has 1 unspecified atom stereocenters. The van der Waals surface area contributed by atoms with E-state index >= 15 is 0 Å². The van der Waals surface area contributed by atoms with Crippen LogP contribution in [0.15, 0.2) is 53.0 Å². The summed E-state index contributed by atoms with van der Waals surface area (Å²) in [6, 6.07) is 15.5. The van der Waals surface area contributed by atoms with Gasteiger partial charge in [-0.1, -0.05) is 48.6 Å². The van der Waals surface area contributed by atoms with Crippen LogP contribution in [0.2, 0.25) is 0 Å².